The summed E-state index contributed by atoms with van der Waals surface area (Å²) >= 11 is 0. The third kappa shape index (κ3) is 4.23. The van der Waals surface area contributed by atoms with Crippen LogP contribution >= 0.6 is 0 Å². The minimum absolute atomic E-state index is 0.254. The van der Waals surface area contributed by atoms with E-state index in [0.29, 0.717) is 41.5 Å². The van der Waals surface area contributed by atoms with Crippen molar-refractivity contribution < 1.29 is 23.8 Å². The minimum Gasteiger partial charge on any atom is -0.490 e. The molecule has 25 heavy (non-hydrogen) atoms. The van der Waals surface area contributed by atoms with Crippen LogP contribution in [0.25, 0.3) is 0 Å². The number of urea groups is 1. The van der Waals surface area contributed by atoms with Gasteiger partial charge >= 0.3 is 12.0 Å². The molecule has 0 radical (unpaired) electrons. The second-order valence-electron chi connectivity index (χ2n) is 5.36. The van der Waals surface area contributed by atoms with Gasteiger partial charge in [0.15, 0.2) is 11.5 Å². The van der Waals surface area contributed by atoms with Crippen LogP contribution in [0.4, 0.5) is 4.79 Å². The van der Waals surface area contributed by atoms with Gasteiger partial charge in [0.2, 0.25) is 0 Å². The zero-order valence-electron chi connectivity index (χ0n) is 15.0. The fraction of sp³-hybridized carbons (Fsp3) is 0.444. The van der Waals surface area contributed by atoms with Gasteiger partial charge in [-0.05, 0) is 45.4 Å². The van der Waals surface area contributed by atoms with Crippen LogP contribution in [0.1, 0.15) is 39.3 Å². The van der Waals surface area contributed by atoms with Crippen molar-refractivity contribution in [1.29, 1.82) is 0 Å². The van der Waals surface area contributed by atoms with Crippen LogP contribution in [0, 0.1) is 0 Å². The first kappa shape index (κ1) is 18.6. The van der Waals surface area contributed by atoms with E-state index in [1.807, 2.05) is 13.8 Å². The first-order valence-electron chi connectivity index (χ1n) is 8.36. The highest BCUT2D eigenvalue weighted by molar-refractivity contribution is 5.95. The topological polar surface area (TPSA) is 85.9 Å². The van der Waals surface area contributed by atoms with Crippen molar-refractivity contribution in [3.63, 3.8) is 0 Å². The molecule has 2 N–H and O–H groups in total. The SMILES string of the molecule is CCOC(=O)C1=C(C)NC(=O)NC1c1ccc(OCC)c(OCC)c1. The molecule has 2 amide bonds. The maximum Gasteiger partial charge on any atom is 0.338 e. The van der Waals surface area contributed by atoms with Crippen molar-refractivity contribution >= 4 is 12.0 Å². The zero-order valence-corrected chi connectivity index (χ0v) is 15.0. The molecular formula is C18H24N2O5. The Labute approximate surface area is 147 Å². The van der Waals surface area contributed by atoms with Gasteiger partial charge in [0.1, 0.15) is 0 Å². The molecule has 0 saturated carbocycles. The lowest BCUT2D eigenvalue weighted by atomic mass is 9.95. The van der Waals surface area contributed by atoms with Crippen LogP contribution in [0.15, 0.2) is 29.5 Å². The van der Waals surface area contributed by atoms with Crippen LogP contribution in [-0.2, 0) is 9.53 Å². The van der Waals surface area contributed by atoms with Crippen molar-refractivity contribution in [3.05, 3.63) is 35.0 Å². The zero-order chi connectivity index (χ0) is 18.4. The number of carbonyl (C=O) groups is 2. The number of hydrogen-bond acceptors (Lipinski definition) is 5. The Morgan fingerprint density at radius 1 is 1.08 bits per heavy atom. The molecule has 1 heterocycles. The second kappa shape index (κ2) is 8.41. The molecule has 7 nitrogen and oxygen atoms in total. The second-order valence-corrected chi connectivity index (χ2v) is 5.36. The number of hydrogen-bond donors (Lipinski definition) is 2. The van der Waals surface area contributed by atoms with E-state index < -0.39 is 12.0 Å². The molecule has 0 aromatic heterocycles. The van der Waals surface area contributed by atoms with E-state index in [4.69, 9.17) is 14.2 Å². The Kier molecular flexibility index (Phi) is 6.27. The summed E-state index contributed by atoms with van der Waals surface area (Å²) in [5.41, 5.74) is 1.55. The fourth-order valence-corrected chi connectivity index (χ4v) is 2.67. The highest BCUT2D eigenvalue weighted by atomic mass is 16.5. The van der Waals surface area contributed by atoms with Crippen LogP contribution in [0.5, 0.6) is 11.5 Å². The lowest BCUT2D eigenvalue weighted by molar-refractivity contribution is -0.139. The van der Waals surface area contributed by atoms with Crippen molar-refractivity contribution in [3.8, 4) is 11.5 Å². The largest absolute Gasteiger partial charge is 0.490 e. The Hall–Kier alpha value is -2.70. The Morgan fingerprint density at radius 3 is 2.40 bits per heavy atom. The molecule has 1 aliphatic heterocycles. The molecular weight excluding hydrogens is 324 g/mol. The van der Waals surface area contributed by atoms with Crippen LogP contribution in [0.3, 0.4) is 0 Å². The molecule has 0 aliphatic carbocycles. The lowest BCUT2D eigenvalue weighted by Gasteiger charge is -2.28. The molecule has 1 atom stereocenters. The van der Waals surface area contributed by atoms with Gasteiger partial charge in [-0.3, -0.25) is 0 Å². The number of nitrogens with one attached hydrogen (secondary N) is 2. The summed E-state index contributed by atoms with van der Waals surface area (Å²) in [7, 11) is 0. The number of carbonyl (C=O) groups excluding carboxylic acids is 2. The molecule has 0 spiro atoms. The number of allylic oxidation sites excluding steroid dienone is 1. The van der Waals surface area contributed by atoms with Crippen molar-refractivity contribution in [2.45, 2.75) is 33.7 Å². The van der Waals surface area contributed by atoms with Crippen molar-refractivity contribution in [2.75, 3.05) is 19.8 Å². The van der Waals surface area contributed by atoms with Gasteiger partial charge in [0.25, 0.3) is 0 Å². The molecule has 136 valence electrons. The standard InChI is InChI=1S/C18H24N2O5/c1-5-23-13-9-8-12(10-14(13)24-6-2)16-15(17(21)25-7-3)11(4)19-18(22)20-16/h8-10,16H,5-7H2,1-4H3,(H2,19,20,22). The number of esters is 1. The summed E-state index contributed by atoms with van der Waals surface area (Å²) in [5, 5.41) is 5.38. The number of amides is 2. The highest BCUT2D eigenvalue weighted by Crippen LogP contribution is 2.34. The summed E-state index contributed by atoms with van der Waals surface area (Å²) in [5.74, 6) is 0.714. The molecule has 0 bridgehead atoms. The Bertz CT molecular complexity index is 684. The third-order valence-corrected chi connectivity index (χ3v) is 3.67. The normalized spacial score (nSPS) is 16.8. The quantitative estimate of drug-likeness (QED) is 0.740. The van der Waals surface area contributed by atoms with Gasteiger partial charge in [-0.15, -0.1) is 0 Å². The lowest BCUT2D eigenvalue weighted by Crippen LogP contribution is -2.45. The van der Waals surface area contributed by atoms with E-state index in [1.54, 1.807) is 32.0 Å². The van der Waals surface area contributed by atoms with Gasteiger partial charge in [0, 0.05) is 5.70 Å². The monoisotopic (exact) mass is 348 g/mol. The minimum atomic E-state index is -0.623. The first-order chi connectivity index (χ1) is 12.0. The molecule has 7 heteroatoms. The van der Waals surface area contributed by atoms with Crippen LogP contribution in [0.2, 0.25) is 0 Å². The van der Waals surface area contributed by atoms with Crippen molar-refractivity contribution in [2.24, 2.45) is 0 Å². The summed E-state index contributed by atoms with van der Waals surface area (Å²) < 4.78 is 16.3. The van der Waals surface area contributed by atoms with E-state index in [2.05, 4.69) is 10.6 Å². The molecule has 1 aromatic carbocycles. The maximum atomic E-state index is 12.4. The molecule has 1 aliphatic rings. The summed E-state index contributed by atoms with van der Waals surface area (Å²) in [6, 6.07) is 4.36. The smallest absolute Gasteiger partial charge is 0.338 e. The van der Waals surface area contributed by atoms with E-state index in [0.717, 1.165) is 0 Å². The van der Waals surface area contributed by atoms with Gasteiger partial charge in [-0.2, -0.15) is 0 Å². The molecule has 1 aromatic rings. The molecule has 1 unspecified atom stereocenters. The number of rotatable bonds is 7. The van der Waals surface area contributed by atoms with Crippen molar-refractivity contribution in [1.82, 2.24) is 10.6 Å². The number of benzene rings is 1. The highest BCUT2D eigenvalue weighted by Gasteiger charge is 2.32. The van der Waals surface area contributed by atoms with E-state index >= 15 is 0 Å². The maximum absolute atomic E-state index is 12.4. The number of ether oxygens (including phenoxy) is 3. The average Bonchev–Trinajstić information content (AvgIpc) is 2.56. The average molecular weight is 348 g/mol. The molecule has 2 rings (SSSR count). The summed E-state index contributed by atoms with van der Waals surface area (Å²) in [6.45, 7) is 8.42. The van der Waals surface area contributed by atoms with Crippen LogP contribution in [-0.4, -0.2) is 31.8 Å². The first-order valence-corrected chi connectivity index (χ1v) is 8.36. The molecule has 0 fully saturated rings. The van der Waals surface area contributed by atoms with Gasteiger partial charge in [-0.1, -0.05) is 6.07 Å². The predicted molar refractivity (Wildman–Crippen MR) is 92.5 cm³/mol. The van der Waals surface area contributed by atoms with E-state index in [9.17, 15) is 9.59 Å². The summed E-state index contributed by atoms with van der Waals surface area (Å²) in [6.07, 6.45) is 0. The van der Waals surface area contributed by atoms with Crippen LogP contribution < -0.4 is 20.1 Å². The Balaban J connectivity index is 2.45. The third-order valence-electron chi connectivity index (χ3n) is 3.67. The summed E-state index contributed by atoms with van der Waals surface area (Å²) in [4.78, 5) is 24.3. The van der Waals surface area contributed by atoms with Gasteiger partial charge in [0.05, 0.1) is 31.4 Å². The fourth-order valence-electron chi connectivity index (χ4n) is 2.67. The van der Waals surface area contributed by atoms with Gasteiger partial charge in [-0.25, -0.2) is 9.59 Å². The van der Waals surface area contributed by atoms with Gasteiger partial charge < -0.3 is 24.8 Å². The van der Waals surface area contributed by atoms with E-state index in [-0.39, 0.29) is 12.6 Å². The predicted octanol–water partition coefficient (Wildman–Crippen LogP) is 2.68. The Morgan fingerprint density at radius 2 is 1.76 bits per heavy atom. The molecule has 0 saturated heterocycles. The van der Waals surface area contributed by atoms with E-state index in [1.165, 1.54) is 0 Å².